The van der Waals surface area contributed by atoms with E-state index in [1.165, 1.54) is 6.07 Å². The van der Waals surface area contributed by atoms with Crippen LogP contribution in [0.15, 0.2) is 24.3 Å². The molecule has 0 aromatic heterocycles. The van der Waals surface area contributed by atoms with Gasteiger partial charge in [0.2, 0.25) is 0 Å². The molecule has 0 saturated carbocycles. The van der Waals surface area contributed by atoms with Crippen LogP contribution >= 0.6 is 0 Å². The van der Waals surface area contributed by atoms with E-state index in [-0.39, 0.29) is 5.56 Å². The van der Waals surface area contributed by atoms with Crippen molar-refractivity contribution in [2.24, 2.45) is 0 Å². The number of carbonyl (C=O) groups is 1. The SMILES string of the molecule is [CH]CCCCCOc1cccc(C(=O)O)c1. The first-order valence-electron chi connectivity index (χ1n) is 5.40. The largest absolute Gasteiger partial charge is 0.494 e. The van der Waals surface area contributed by atoms with Crippen LogP contribution in [0.5, 0.6) is 5.75 Å². The number of hydrogen-bond acceptors (Lipinski definition) is 2. The highest BCUT2D eigenvalue weighted by molar-refractivity contribution is 5.87. The predicted molar refractivity (Wildman–Crippen MR) is 61.7 cm³/mol. The zero-order valence-electron chi connectivity index (χ0n) is 9.19. The first-order valence-corrected chi connectivity index (χ1v) is 5.40. The van der Waals surface area contributed by atoms with E-state index >= 15 is 0 Å². The van der Waals surface area contributed by atoms with Crippen LogP contribution in [0.2, 0.25) is 0 Å². The summed E-state index contributed by atoms with van der Waals surface area (Å²) in [6.07, 6.45) is 3.68. The number of hydrogen-bond donors (Lipinski definition) is 1. The van der Waals surface area contributed by atoms with Crippen molar-refractivity contribution in [2.75, 3.05) is 6.61 Å². The van der Waals surface area contributed by atoms with Crippen LogP contribution in [0, 0.1) is 6.92 Å². The van der Waals surface area contributed by atoms with E-state index in [0.717, 1.165) is 19.3 Å². The molecule has 0 spiro atoms. The van der Waals surface area contributed by atoms with Gasteiger partial charge in [-0.15, -0.1) is 0 Å². The average molecular weight is 220 g/mol. The second kappa shape index (κ2) is 6.88. The second-order valence-electron chi connectivity index (χ2n) is 3.53. The van der Waals surface area contributed by atoms with Crippen molar-refractivity contribution in [2.45, 2.75) is 25.7 Å². The normalized spacial score (nSPS) is 10.1. The zero-order valence-corrected chi connectivity index (χ0v) is 9.19. The lowest BCUT2D eigenvalue weighted by Crippen LogP contribution is -2.00. The number of unbranched alkanes of at least 4 members (excludes halogenated alkanes) is 3. The molecule has 1 N–H and O–H groups in total. The molecule has 0 atom stereocenters. The molecular formula is C13H16O3. The molecule has 0 aliphatic rings. The fourth-order valence-corrected chi connectivity index (χ4v) is 1.33. The fourth-order valence-electron chi connectivity index (χ4n) is 1.33. The maximum absolute atomic E-state index is 10.7. The van der Waals surface area contributed by atoms with Gasteiger partial charge < -0.3 is 9.84 Å². The maximum atomic E-state index is 10.7. The summed E-state index contributed by atoms with van der Waals surface area (Å²) in [6.45, 7) is 5.97. The Bertz CT molecular complexity index is 334. The first kappa shape index (κ1) is 12.6. The monoisotopic (exact) mass is 220 g/mol. The summed E-state index contributed by atoms with van der Waals surface area (Å²) in [5.74, 6) is -0.332. The molecule has 2 radical (unpaired) electrons. The zero-order chi connectivity index (χ0) is 11.8. The minimum atomic E-state index is -0.936. The van der Waals surface area contributed by atoms with Crippen molar-refractivity contribution in [1.82, 2.24) is 0 Å². The van der Waals surface area contributed by atoms with Gasteiger partial charge in [-0.05, 0) is 38.0 Å². The Hall–Kier alpha value is -1.51. The highest BCUT2D eigenvalue weighted by Crippen LogP contribution is 2.14. The molecule has 0 aliphatic heterocycles. The quantitative estimate of drug-likeness (QED) is 0.718. The molecule has 0 heterocycles. The third-order valence-corrected chi connectivity index (χ3v) is 2.20. The number of aromatic carboxylic acids is 1. The summed E-state index contributed by atoms with van der Waals surface area (Å²) in [5.41, 5.74) is 0.249. The molecule has 1 aromatic carbocycles. The lowest BCUT2D eigenvalue weighted by molar-refractivity contribution is 0.0696. The number of ether oxygens (including phenoxy) is 1. The summed E-state index contributed by atoms with van der Waals surface area (Å²) >= 11 is 0. The van der Waals surface area contributed by atoms with Gasteiger partial charge in [0.15, 0.2) is 0 Å². The smallest absolute Gasteiger partial charge is 0.335 e. The summed E-state index contributed by atoms with van der Waals surface area (Å²) < 4.78 is 5.44. The maximum Gasteiger partial charge on any atom is 0.335 e. The van der Waals surface area contributed by atoms with Gasteiger partial charge in [0, 0.05) is 0 Å². The van der Waals surface area contributed by atoms with E-state index in [9.17, 15) is 4.79 Å². The molecule has 0 amide bonds. The Kier molecular flexibility index (Phi) is 5.40. The number of rotatable bonds is 7. The van der Waals surface area contributed by atoms with Crippen molar-refractivity contribution >= 4 is 5.97 Å². The third kappa shape index (κ3) is 4.34. The molecule has 3 heteroatoms. The second-order valence-corrected chi connectivity index (χ2v) is 3.53. The molecule has 0 unspecified atom stereocenters. The highest BCUT2D eigenvalue weighted by Gasteiger charge is 2.03. The topological polar surface area (TPSA) is 46.5 Å². The summed E-state index contributed by atoms with van der Waals surface area (Å²) in [5, 5.41) is 8.78. The lowest BCUT2D eigenvalue weighted by atomic mass is 10.2. The van der Waals surface area contributed by atoms with Crippen LogP contribution in [-0.2, 0) is 0 Å². The van der Waals surface area contributed by atoms with E-state index in [4.69, 9.17) is 16.8 Å². The van der Waals surface area contributed by atoms with Gasteiger partial charge in [-0.3, -0.25) is 0 Å². The van der Waals surface area contributed by atoms with Gasteiger partial charge in [0.05, 0.1) is 12.2 Å². The average Bonchev–Trinajstić information content (AvgIpc) is 2.29. The van der Waals surface area contributed by atoms with Gasteiger partial charge >= 0.3 is 5.97 Å². The van der Waals surface area contributed by atoms with Crippen molar-refractivity contribution in [3.8, 4) is 5.75 Å². The van der Waals surface area contributed by atoms with Crippen LogP contribution in [0.3, 0.4) is 0 Å². The lowest BCUT2D eigenvalue weighted by Gasteiger charge is -2.06. The van der Waals surface area contributed by atoms with E-state index in [0.29, 0.717) is 18.8 Å². The third-order valence-electron chi connectivity index (χ3n) is 2.20. The molecule has 0 saturated heterocycles. The van der Waals surface area contributed by atoms with Crippen molar-refractivity contribution in [3.05, 3.63) is 36.8 Å². The van der Waals surface area contributed by atoms with Crippen LogP contribution in [0.1, 0.15) is 36.0 Å². The van der Waals surface area contributed by atoms with Gasteiger partial charge in [-0.1, -0.05) is 18.9 Å². The van der Waals surface area contributed by atoms with Crippen molar-refractivity contribution < 1.29 is 14.6 Å². The summed E-state index contributed by atoms with van der Waals surface area (Å²) in [7, 11) is 0. The molecule has 16 heavy (non-hydrogen) atoms. The molecular weight excluding hydrogens is 204 g/mol. The molecule has 1 aromatic rings. The van der Waals surface area contributed by atoms with E-state index in [2.05, 4.69) is 0 Å². The van der Waals surface area contributed by atoms with E-state index in [1.807, 2.05) is 0 Å². The molecule has 0 bridgehead atoms. The molecule has 0 fully saturated rings. The number of carboxylic acid groups (broad SMARTS) is 1. The van der Waals surface area contributed by atoms with Gasteiger partial charge in [-0.2, -0.15) is 0 Å². The Morgan fingerprint density at radius 3 is 2.81 bits per heavy atom. The van der Waals surface area contributed by atoms with Gasteiger partial charge in [0.25, 0.3) is 0 Å². The Morgan fingerprint density at radius 1 is 1.31 bits per heavy atom. The van der Waals surface area contributed by atoms with Crippen molar-refractivity contribution in [3.63, 3.8) is 0 Å². The number of carboxylic acids is 1. The van der Waals surface area contributed by atoms with Crippen LogP contribution in [0.25, 0.3) is 0 Å². The van der Waals surface area contributed by atoms with Crippen LogP contribution in [-0.4, -0.2) is 17.7 Å². The molecule has 3 nitrogen and oxygen atoms in total. The summed E-state index contributed by atoms with van der Waals surface area (Å²) in [4.78, 5) is 10.7. The van der Waals surface area contributed by atoms with E-state index < -0.39 is 5.97 Å². The Labute approximate surface area is 96.1 Å². The van der Waals surface area contributed by atoms with Crippen molar-refractivity contribution in [1.29, 1.82) is 0 Å². The highest BCUT2D eigenvalue weighted by atomic mass is 16.5. The van der Waals surface area contributed by atoms with Gasteiger partial charge in [-0.25, -0.2) is 4.79 Å². The summed E-state index contributed by atoms with van der Waals surface area (Å²) in [6, 6.07) is 6.52. The van der Waals surface area contributed by atoms with E-state index in [1.54, 1.807) is 18.2 Å². The molecule has 0 aliphatic carbocycles. The predicted octanol–water partition coefficient (Wildman–Crippen LogP) is 3.04. The first-order chi connectivity index (χ1) is 7.74. The molecule has 1 rings (SSSR count). The minimum absolute atomic E-state index is 0.249. The minimum Gasteiger partial charge on any atom is -0.494 e. The van der Waals surface area contributed by atoms with Crippen LogP contribution < -0.4 is 4.74 Å². The standard InChI is InChI=1S/C13H16O3/c1-2-3-4-5-9-16-12-8-6-7-11(10-12)13(14)15/h1,6-8,10H,2-5,9H2,(H,14,15). The molecule has 86 valence electrons. The Morgan fingerprint density at radius 2 is 2.12 bits per heavy atom. The number of benzene rings is 1. The van der Waals surface area contributed by atoms with Crippen LogP contribution in [0.4, 0.5) is 0 Å². The van der Waals surface area contributed by atoms with Gasteiger partial charge in [0.1, 0.15) is 5.75 Å². The fraction of sp³-hybridized carbons (Fsp3) is 0.385. The Balaban J connectivity index is 2.36.